The third-order valence-electron chi connectivity index (χ3n) is 4.21. The summed E-state index contributed by atoms with van der Waals surface area (Å²) in [6.07, 6.45) is -1.06. The smallest absolute Gasteiger partial charge is 0.465 e. The number of alkyl halides is 3. The van der Waals surface area contributed by atoms with Gasteiger partial charge in [0.25, 0.3) is 0 Å². The van der Waals surface area contributed by atoms with E-state index in [4.69, 9.17) is 0 Å². The third-order valence-corrected chi connectivity index (χ3v) is 5.17. The number of carbonyl (C=O) groups is 1. The standard InChI is InChI=1S/C17H14F3NO5S/c18-17(19,20)27(24,25)26-13-8-4-7-11-9-10-21(16(22)23)15(14(11)13)12-5-2-1-3-6-12/h1-8,15H,9-10H2,(H,22,23)/t15-/m0/s1. The van der Waals surface area contributed by atoms with Gasteiger partial charge in [-0.2, -0.15) is 21.6 Å². The first-order valence-corrected chi connectivity index (χ1v) is 9.19. The number of hydrogen-bond acceptors (Lipinski definition) is 4. The minimum Gasteiger partial charge on any atom is -0.465 e. The van der Waals surface area contributed by atoms with Gasteiger partial charge in [-0.1, -0.05) is 42.5 Å². The van der Waals surface area contributed by atoms with Gasteiger partial charge in [0.2, 0.25) is 0 Å². The zero-order valence-electron chi connectivity index (χ0n) is 13.7. The number of hydrogen-bond donors (Lipinski definition) is 1. The zero-order valence-corrected chi connectivity index (χ0v) is 14.5. The third kappa shape index (κ3) is 3.57. The van der Waals surface area contributed by atoms with E-state index in [0.717, 1.165) is 11.0 Å². The van der Waals surface area contributed by atoms with Crippen molar-refractivity contribution in [2.75, 3.05) is 6.54 Å². The van der Waals surface area contributed by atoms with E-state index in [-0.39, 0.29) is 18.5 Å². The molecule has 0 spiro atoms. The van der Waals surface area contributed by atoms with Crippen LogP contribution in [-0.4, -0.2) is 36.6 Å². The molecule has 0 aliphatic carbocycles. The first-order valence-electron chi connectivity index (χ1n) is 7.79. The van der Waals surface area contributed by atoms with Gasteiger partial charge in [0.15, 0.2) is 0 Å². The van der Waals surface area contributed by atoms with Crippen molar-refractivity contribution in [2.45, 2.75) is 18.0 Å². The lowest BCUT2D eigenvalue weighted by molar-refractivity contribution is -0.0500. The molecule has 27 heavy (non-hydrogen) atoms. The Bertz CT molecular complexity index is 960. The number of nitrogens with zero attached hydrogens (tertiary/aromatic N) is 1. The second-order valence-corrected chi connectivity index (χ2v) is 7.39. The molecule has 0 saturated heterocycles. The predicted octanol–water partition coefficient (Wildman–Crippen LogP) is 3.54. The summed E-state index contributed by atoms with van der Waals surface area (Å²) in [6.45, 7) is 0.109. The van der Waals surface area contributed by atoms with E-state index in [1.165, 1.54) is 6.07 Å². The molecule has 1 aliphatic rings. The maximum Gasteiger partial charge on any atom is 0.534 e. The van der Waals surface area contributed by atoms with Crippen molar-refractivity contribution in [3.8, 4) is 5.75 Å². The molecule has 0 unspecified atom stereocenters. The number of amides is 1. The van der Waals surface area contributed by atoms with E-state index in [1.807, 2.05) is 0 Å². The highest BCUT2D eigenvalue weighted by atomic mass is 32.2. The van der Waals surface area contributed by atoms with E-state index in [1.54, 1.807) is 36.4 Å². The van der Waals surface area contributed by atoms with Crippen LogP contribution in [0.4, 0.5) is 18.0 Å². The number of benzene rings is 2. The topological polar surface area (TPSA) is 83.9 Å². The van der Waals surface area contributed by atoms with Gasteiger partial charge in [0.05, 0.1) is 6.04 Å². The van der Waals surface area contributed by atoms with E-state index in [2.05, 4.69) is 4.18 Å². The van der Waals surface area contributed by atoms with Crippen molar-refractivity contribution in [1.82, 2.24) is 4.90 Å². The normalized spacial score (nSPS) is 17.3. The molecule has 0 bridgehead atoms. The van der Waals surface area contributed by atoms with Crippen LogP contribution in [0.1, 0.15) is 22.7 Å². The van der Waals surface area contributed by atoms with Crippen molar-refractivity contribution >= 4 is 16.2 Å². The molecular formula is C17H14F3NO5S. The maximum absolute atomic E-state index is 12.8. The Balaban J connectivity index is 2.18. The number of rotatable bonds is 3. The van der Waals surface area contributed by atoms with Crippen LogP contribution in [0.25, 0.3) is 0 Å². The van der Waals surface area contributed by atoms with Gasteiger partial charge in [-0.3, -0.25) is 4.90 Å². The van der Waals surface area contributed by atoms with Crippen LogP contribution < -0.4 is 4.18 Å². The zero-order chi connectivity index (χ0) is 19.8. The van der Waals surface area contributed by atoms with Crippen LogP contribution in [0.5, 0.6) is 5.75 Å². The summed E-state index contributed by atoms with van der Waals surface area (Å²) < 4.78 is 65.6. The van der Waals surface area contributed by atoms with Gasteiger partial charge < -0.3 is 9.29 Å². The number of fused-ring (bicyclic) bond motifs is 1. The van der Waals surface area contributed by atoms with Crippen LogP contribution in [0.15, 0.2) is 48.5 Å². The molecule has 1 aliphatic heterocycles. The molecular weight excluding hydrogens is 387 g/mol. The van der Waals surface area contributed by atoms with E-state index >= 15 is 0 Å². The first-order chi connectivity index (χ1) is 12.6. The summed E-state index contributed by atoms with van der Waals surface area (Å²) in [4.78, 5) is 12.7. The number of carboxylic acid groups (broad SMARTS) is 1. The minimum absolute atomic E-state index is 0.0881. The predicted molar refractivity (Wildman–Crippen MR) is 88.8 cm³/mol. The molecule has 3 rings (SSSR count). The van der Waals surface area contributed by atoms with E-state index in [0.29, 0.717) is 11.1 Å². The molecule has 1 N–H and O–H groups in total. The molecule has 1 amide bonds. The largest absolute Gasteiger partial charge is 0.534 e. The van der Waals surface area contributed by atoms with Crippen LogP contribution in [-0.2, 0) is 16.5 Å². The second kappa shape index (κ2) is 6.76. The van der Waals surface area contributed by atoms with Crippen molar-refractivity contribution in [2.24, 2.45) is 0 Å². The monoisotopic (exact) mass is 401 g/mol. The van der Waals surface area contributed by atoms with Gasteiger partial charge >= 0.3 is 21.7 Å². The molecule has 0 aromatic heterocycles. The molecule has 1 atom stereocenters. The molecule has 0 fully saturated rings. The summed E-state index contributed by atoms with van der Waals surface area (Å²) in [5.74, 6) is -0.537. The molecule has 2 aromatic carbocycles. The van der Waals surface area contributed by atoms with E-state index in [9.17, 15) is 31.5 Å². The average molecular weight is 401 g/mol. The Hall–Kier alpha value is -2.75. The van der Waals surface area contributed by atoms with E-state index < -0.39 is 33.5 Å². The fourth-order valence-electron chi connectivity index (χ4n) is 3.07. The van der Waals surface area contributed by atoms with Gasteiger partial charge in [-0.25, -0.2) is 4.79 Å². The quantitative estimate of drug-likeness (QED) is 0.628. The second-order valence-electron chi connectivity index (χ2n) is 5.85. The lowest BCUT2D eigenvalue weighted by atomic mass is 9.88. The summed E-state index contributed by atoms with van der Waals surface area (Å²) in [6, 6.07) is 11.3. The van der Waals surface area contributed by atoms with Crippen molar-refractivity contribution in [1.29, 1.82) is 0 Å². The SMILES string of the molecule is O=C(O)N1CCc2cccc(OS(=O)(=O)C(F)(F)F)c2[C@@H]1c1ccccc1. The summed E-state index contributed by atoms with van der Waals surface area (Å²) in [5, 5.41) is 9.54. The van der Waals surface area contributed by atoms with Gasteiger partial charge in [-0.05, 0) is 23.6 Å². The Morgan fingerprint density at radius 2 is 1.78 bits per heavy atom. The highest BCUT2D eigenvalue weighted by Crippen LogP contribution is 2.42. The Labute approximate surface area is 152 Å². The Morgan fingerprint density at radius 3 is 2.37 bits per heavy atom. The molecule has 144 valence electrons. The maximum atomic E-state index is 12.8. The van der Waals surface area contributed by atoms with Crippen molar-refractivity contribution in [3.05, 3.63) is 65.2 Å². The highest BCUT2D eigenvalue weighted by Gasteiger charge is 2.49. The number of halogens is 3. The summed E-state index contributed by atoms with van der Waals surface area (Å²) in [7, 11) is -5.89. The fraction of sp³-hybridized carbons (Fsp3) is 0.235. The summed E-state index contributed by atoms with van der Waals surface area (Å²) >= 11 is 0. The van der Waals surface area contributed by atoms with Crippen molar-refractivity contribution < 1.29 is 35.7 Å². The lowest BCUT2D eigenvalue weighted by Crippen LogP contribution is -2.40. The van der Waals surface area contributed by atoms with Crippen molar-refractivity contribution in [3.63, 3.8) is 0 Å². The van der Waals surface area contributed by atoms with Crippen LogP contribution in [0.2, 0.25) is 0 Å². The summed E-state index contributed by atoms with van der Waals surface area (Å²) in [5.41, 5.74) is -4.50. The van der Waals surface area contributed by atoms with Gasteiger partial charge in [0, 0.05) is 12.1 Å². The van der Waals surface area contributed by atoms with Crippen LogP contribution >= 0.6 is 0 Å². The molecule has 1 heterocycles. The molecule has 2 aromatic rings. The fourth-order valence-corrected chi connectivity index (χ4v) is 3.55. The minimum atomic E-state index is -5.89. The Kier molecular flexibility index (Phi) is 4.77. The molecule has 6 nitrogen and oxygen atoms in total. The Morgan fingerprint density at radius 1 is 1.11 bits per heavy atom. The molecule has 0 radical (unpaired) electrons. The molecule has 10 heteroatoms. The van der Waals surface area contributed by atoms with Crippen LogP contribution in [0.3, 0.4) is 0 Å². The lowest BCUT2D eigenvalue weighted by Gasteiger charge is -2.36. The van der Waals surface area contributed by atoms with Gasteiger partial charge in [-0.15, -0.1) is 0 Å². The van der Waals surface area contributed by atoms with Gasteiger partial charge in [0.1, 0.15) is 5.75 Å². The first kappa shape index (κ1) is 19.0. The van der Waals surface area contributed by atoms with Crippen LogP contribution in [0, 0.1) is 0 Å². The molecule has 0 saturated carbocycles. The highest BCUT2D eigenvalue weighted by molar-refractivity contribution is 7.88. The average Bonchev–Trinajstić information content (AvgIpc) is 2.60.